The highest BCUT2D eigenvalue weighted by atomic mass is 32.2. The molecular formula is C14H15N3O2S2. The molecule has 0 aliphatic rings. The SMILES string of the molecule is CS(=O)(=O)CCCn1c(=S)[nH]c2cnc3ccccc3c21. The average Bonchev–Trinajstić information content (AvgIpc) is 2.74. The van der Waals surface area contributed by atoms with Gasteiger partial charge in [-0.25, -0.2) is 8.42 Å². The number of aromatic nitrogens is 3. The van der Waals surface area contributed by atoms with Gasteiger partial charge in [0.15, 0.2) is 4.77 Å². The van der Waals surface area contributed by atoms with Crippen LogP contribution in [0.3, 0.4) is 0 Å². The molecule has 5 nitrogen and oxygen atoms in total. The number of fused-ring (bicyclic) bond motifs is 3. The number of H-pyrrole nitrogens is 1. The zero-order valence-electron chi connectivity index (χ0n) is 11.5. The van der Waals surface area contributed by atoms with Crippen LogP contribution in [0.4, 0.5) is 0 Å². The van der Waals surface area contributed by atoms with Gasteiger partial charge in [-0.15, -0.1) is 0 Å². The molecule has 0 aliphatic carbocycles. The number of hydrogen-bond acceptors (Lipinski definition) is 4. The number of aryl methyl sites for hydroxylation is 1. The highest BCUT2D eigenvalue weighted by molar-refractivity contribution is 7.90. The third-order valence-electron chi connectivity index (χ3n) is 3.40. The Morgan fingerprint density at radius 3 is 2.86 bits per heavy atom. The second-order valence-electron chi connectivity index (χ2n) is 5.10. The van der Waals surface area contributed by atoms with Gasteiger partial charge >= 0.3 is 0 Å². The first-order valence-corrected chi connectivity index (χ1v) is 9.06. The maximum atomic E-state index is 11.3. The average molecular weight is 321 g/mol. The third kappa shape index (κ3) is 2.84. The summed E-state index contributed by atoms with van der Waals surface area (Å²) < 4.78 is 25.1. The number of nitrogens with zero attached hydrogens (tertiary/aromatic N) is 2. The van der Waals surface area contributed by atoms with Crippen molar-refractivity contribution >= 4 is 44.0 Å². The highest BCUT2D eigenvalue weighted by Gasteiger charge is 2.10. The van der Waals surface area contributed by atoms with Crippen molar-refractivity contribution in [3.63, 3.8) is 0 Å². The fraction of sp³-hybridized carbons (Fsp3) is 0.286. The van der Waals surface area contributed by atoms with E-state index in [0.717, 1.165) is 21.9 Å². The third-order valence-corrected chi connectivity index (χ3v) is 4.75. The molecule has 0 bridgehead atoms. The normalized spacial score (nSPS) is 12.2. The van der Waals surface area contributed by atoms with E-state index in [1.807, 2.05) is 28.8 Å². The van der Waals surface area contributed by atoms with Gasteiger partial charge in [-0.05, 0) is 24.7 Å². The van der Waals surface area contributed by atoms with Crippen molar-refractivity contribution in [1.82, 2.24) is 14.5 Å². The number of nitrogens with one attached hydrogen (secondary N) is 1. The summed E-state index contributed by atoms with van der Waals surface area (Å²) in [7, 11) is -2.96. The zero-order valence-corrected chi connectivity index (χ0v) is 13.2. The first kappa shape index (κ1) is 14.2. The molecule has 0 saturated heterocycles. The second kappa shape index (κ2) is 5.23. The minimum atomic E-state index is -2.96. The Bertz CT molecular complexity index is 971. The van der Waals surface area contributed by atoms with Crippen LogP contribution in [0.25, 0.3) is 21.9 Å². The summed E-state index contributed by atoms with van der Waals surface area (Å²) in [6.07, 6.45) is 3.55. The van der Waals surface area contributed by atoms with Gasteiger partial charge in [0.05, 0.1) is 28.5 Å². The van der Waals surface area contributed by atoms with Crippen LogP contribution in [0.5, 0.6) is 0 Å². The maximum Gasteiger partial charge on any atom is 0.178 e. The largest absolute Gasteiger partial charge is 0.329 e. The molecule has 0 atom stereocenters. The predicted molar refractivity (Wildman–Crippen MR) is 86.8 cm³/mol. The lowest BCUT2D eigenvalue weighted by Gasteiger charge is -2.06. The van der Waals surface area contributed by atoms with Crippen LogP contribution in [0, 0.1) is 4.77 Å². The Balaban J connectivity index is 2.11. The van der Waals surface area contributed by atoms with Crippen LogP contribution in [0.2, 0.25) is 0 Å². The van der Waals surface area contributed by atoms with Gasteiger partial charge < -0.3 is 9.55 Å². The van der Waals surface area contributed by atoms with Gasteiger partial charge in [0.2, 0.25) is 0 Å². The summed E-state index contributed by atoms with van der Waals surface area (Å²) in [4.78, 5) is 7.53. The molecule has 1 aromatic carbocycles. The summed E-state index contributed by atoms with van der Waals surface area (Å²) in [5.74, 6) is 0.157. The maximum absolute atomic E-state index is 11.3. The van der Waals surface area contributed by atoms with Crippen LogP contribution in [-0.2, 0) is 16.4 Å². The molecule has 0 saturated carbocycles. The number of pyridine rings is 1. The number of sulfone groups is 1. The standard InChI is InChI=1S/C14H15N3O2S2/c1-21(18,19)8-4-7-17-13-10-5-2-3-6-11(10)15-9-12(13)16-14(17)20/h2-3,5-6,9H,4,7-8H2,1H3,(H,16,20). The number of hydrogen-bond donors (Lipinski definition) is 1. The Morgan fingerprint density at radius 2 is 2.10 bits per heavy atom. The van der Waals surface area contributed by atoms with Crippen molar-refractivity contribution in [2.75, 3.05) is 12.0 Å². The molecule has 0 radical (unpaired) electrons. The van der Waals surface area contributed by atoms with Crippen LogP contribution in [-0.4, -0.2) is 35.0 Å². The molecule has 2 heterocycles. The van der Waals surface area contributed by atoms with E-state index in [-0.39, 0.29) is 5.75 Å². The summed E-state index contributed by atoms with van der Waals surface area (Å²) in [5.41, 5.74) is 2.76. The summed E-state index contributed by atoms with van der Waals surface area (Å²) >= 11 is 5.35. The van der Waals surface area contributed by atoms with Crippen LogP contribution in [0.15, 0.2) is 30.5 Å². The van der Waals surface area contributed by atoms with E-state index in [9.17, 15) is 8.42 Å². The summed E-state index contributed by atoms with van der Waals surface area (Å²) in [5, 5.41) is 1.02. The van der Waals surface area contributed by atoms with Crippen LogP contribution >= 0.6 is 12.2 Å². The quantitative estimate of drug-likeness (QED) is 0.750. The van der Waals surface area contributed by atoms with E-state index in [4.69, 9.17) is 12.2 Å². The molecule has 3 rings (SSSR count). The molecule has 0 amide bonds. The summed E-state index contributed by atoms with van der Waals surface area (Å²) in [6.45, 7) is 0.569. The van der Waals surface area contributed by atoms with E-state index in [1.54, 1.807) is 6.20 Å². The monoisotopic (exact) mass is 321 g/mol. The van der Waals surface area contributed by atoms with Gasteiger partial charge in [-0.1, -0.05) is 18.2 Å². The molecule has 2 aromatic heterocycles. The fourth-order valence-corrected chi connectivity index (χ4v) is 3.44. The molecule has 3 aromatic rings. The Kier molecular flexibility index (Phi) is 3.54. The Morgan fingerprint density at radius 1 is 1.33 bits per heavy atom. The van der Waals surface area contributed by atoms with Crippen molar-refractivity contribution in [1.29, 1.82) is 0 Å². The molecule has 7 heteroatoms. The van der Waals surface area contributed by atoms with Crippen molar-refractivity contribution in [2.24, 2.45) is 0 Å². The van der Waals surface area contributed by atoms with Gasteiger partial charge in [0, 0.05) is 18.2 Å². The molecule has 0 fully saturated rings. The minimum Gasteiger partial charge on any atom is -0.329 e. The van der Waals surface area contributed by atoms with Gasteiger partial charge in [-0.2, -0.15) is 0 Å². The topological polar surface area (TPSA) is 67.8 Å². The molecule has 1 N–H and O–H groups in total. The first-order valence-electron chi connectivity index (χ1n) is 6.60. The van der Waals surface area contributed by atoms with Gasteiger partial charge in [0.1, 0.15) is 9.84 Å². The number of aromatic amines is 1. The van der Waals surface area contributed by atoms with Crippen molar-refractivity contribution in [3.05, 3.63) is 35.2 Å². The van der Waals surface area contributed by atoms with Crippen molar-refractivity contribution in [3.8, 4) is 0 Å². The molecular weight excluding hydrogens is 306 g/mol. The molecule has 0 unspecified atom stereocenters. The van der Waals surface area contributed by atoms with E-state index in [2.05, 4.69) is 9.97 Å². The number of rotatable bonds is 4. The molecule has 21 heavy (non-hydrogen) atoms. The van der Waals surface area contributed by atoms with Crippen LogP contribution < -0.4 is 0 Å². The Hall–Kier alpha value is -1.73. The lowest BCUT2D eigenvalue weighted by atomic mass is 10.2. The van der Waals surface area contributed by atoms with Crippen molar-refractivity contribution < 1.29 is 8.42 Å². The van der Waals surface area contributed by atoms with Crippen molar-refractivity contribution in [2.45, 2.75) is 13.0 Å². The summed E-state index contributed by atoms with van der Waals surface area (Å²) in [6, 6.07) is 7.85. The molecule has 0 spiro atoms. The predicted octanol–water partition coefficient (Wildman–Crippen LogP) is 2.68. The highest BCUT2D eigenvalue weighted by Crippen LogP contribution is 2.23. The minimum absolute atomic E-state index is 0.157. The van der Waals surface area contributed by atoms with E-state index in [0.29, 0.717) is 17.7 Å². The van der Waals surface area contributed by atoms with E-state index >= 15 is 0 Å². The number of imidazole rings is 1. The second-order valence-corrected chi connectivity index (χ2v) is 7.75. The lowest BCUT2D eigenvalue weighted by molar-refractivity contribution is 0.593. The zero-order chi connectivity index (χ0) is 15.0. The fourth-order valence-electron chi connectivity index (χ4n) is 2.49. The number of benzene rings is 1. The van der Waals surface area contributed by atoms with E-state index in [1.165, 1.54) is 6.26 Å². The smallest absolute Gasteiger partial charge is 0.178 e. The van der Waals surface area contributed by atoms with Gasteiger partial charge in [-0.3, -0.25) is 4.98 Å². The molecule has 110 valence electrons. The molecule has 0 aliphatic heterocycles. The van der Waals surface area contributed by atoms with Gasteiger partial charge in [0.25, 0.3) is 0 Å². The Labute approximate surface area is 127 Å². The lowest BCUT2D eigenvalue weighted by Crippen LogP contribution is -2.07. The van der Waals surface area contributed by atoms with E-state index < -0.39 is 9.84 Å². The number of para-hydroxylation sites is 1. The van der Waals surface area contributed by atoms with Crippen LogP contribution in [0.1, 0.15) is 6.42 Å². The first-order chi connectivity index (χ1) is 9.96.